The van der Waals surface area contributed by atoms with Crippen LogP contribution in [-0.4, -0.2) is 38.8 Å². The molecule has 2 aromatic carbocycles. The normalized spacial score (nSPS) is 11.2. The van der Waals surface area contributed by atoms with Crippen molar-refractivity contribution < 1.29 is 9.47 Å². The Morgan fingerprint density at radius 1 is 0.792 bits per heavy atom. The third-order valence-electron chi connectivity index (χ3n) is 3.57. The van der Waals surface area contributed by atoms with Gasteiger partial charge in [0, 0.05) is 7.05 Å². The van der Waals surface area contributed by atoms with E-state index in [1.54, 1.807) is 26.9 Å². The van der Waals surface area contributed by atoms with Crippen LogP contribution in [0.5, 0.6) is 11.5 Å². The average Bonchev–Trinajstić information content (AvgIpc) is 2.59. The molecule has 0 atom stereocenters. The second-order valence-corrected chi connectivity index (χ2v) is 5.46. The molecule has 0 heterocycles. The van der Waals surface area contributed by atoms with Crippen molar-refractivity contribution >= 4 is 24.1 Å². The van der Waals surface area contributed by atoms with Gasteiger partial charge < -0.3 is 14.4 Å². The molecule has 126 valence electrons. The zero-order chi connectivity index (χ0) is 17.5. The largest absolute Gasteiger partial charge is 0.497 e. The lowest BCUT2D eigenvalue weighted by atomic mass is 10.2. The quantitative estimate of drug-likeness (QED) is 0.588. The summed E-state index contributed by atoms with van der Waals surface area (Å²) in [6, 6.07) is 11.6. The van der Waals surface area contributed by atoms with Gasteiger partial charge in [0.2, 0.25) is 0 Å². The van der Waals surface area contributed by atoms with Gasteiger partial charge in [-0.25, -0.2) is 9.98 Å². The van der Waals surface area contributed by atoms with E-state index in [4.69, 9.17) is 9.47 Å². The third kappa shape index (κ3) is 4.59. The molecule has 2 aromatic rings. The van der Waals surface area contributed by atoms with E-state index in [0.29, 0.717) is 0 Å². The first-order chi connectivity index (χ1) is 11.5. The molecule has 0 aliphatic carbocycles. The Balaban J connectivity index is 2.06. The Morgan fingerprint density at radius 3 is 1.54 bits per heavy atom. The Bertz CT molecular complexity index is 691. The van der Waals surface area contributed by atoms with E-state index in [9.17, 15) is 0 Å². The highest BCUT2D eigenvalue weighted by molar-refractivity contribution is 5.79. The van der Waals surface area contributed by atoms with Gasteiger partial charge in [0.1, 0.15) is 11.5 Å². The lowest BCUT2D eigenvalue weighted by Crippen LogP contribution is -2.12. The van der Waals surface area contributed by atoms with E-state index in [1.807, 2.05) is 62.2 Å². The van der Waals surface area contributed by atoms with Crippen LogP contribution in [0.25, 0.3) is 0 Å². The van der Waals surface area contributed by atoms with Crippen molar-refractivity contribution in [2.45, 2.75) is 13.8 Å². The molecule has 2 rings (SSSR count). The first-order valence-electron chi connectivity index (χ1n) is 7.63. The van der Waals surface area contributed by atoms with Gasteiger partial charge in [-0.05, 0) is 61.4 Å². The van der Waals surface area contributed by atoms with Gasteiger partial charge in [-0.3, -0.25) is 0 Å². The summed E-state index contributed by atoms with van der Waals surface area (Å²) in [5, 5.41) is 0. The Kier molecular flexibility index (Phi) is 5.95. The maximum absolute atomic E-state index is 5.20. The zero-order valence-corrected chi connectivity index (χ0v) is 14.8. The topological polar surface area (TPSA) is 46.4 Å². The maximum atomic E-state index is 5.20. The molecule has 0 aliphatic rings. The summed E-state index contributed by atoms with van der Waals surface area (Å²) in [4.78, 5) is 10.8. The van der Waals surface area contributed by atoms with Crippen molar-refractivity contribution in [3.05, 3.63) is 47.5 Å². The molecule has 0 aliphatic heterocycles. The van der Waals surface area contributed by atoms with Crippen LogP contribution >= 0.6 is 0 Å². The molecule has 5 heteroatoms. The highest BCUT2D eigenvalue weighted by Crippen LogP contribution is 2.24. The lowest BCUT2D eigenvalue weighted by molar-refractivity contribution is 0.414. The van der Waals surface area contributed by atoms with E-state index in [2.05, 4.69) is 9.98 Å². The third-order valence-corrected chi connectivity index (χ3v) is 3.57. The van der Waals surface area contributed by atoms with E-state index >= 15 is 0 Å². The minimum Gasteiger partial charge on any atom is -0.497 e. The number of rotatable bonds is 6. The second kappa shape index (κ2) is 8.15. The molecular formula is C19H23N3O2. The van der Waals surface area contributed by atoms with Crippen molar-refractivity contribution in [3.63, 3.8) is 0 Å². The van der Waals surface area contributed by atoms with Crippen molar-refractivity contribution in [3.8, 4) is 11.5 Å². The SMILES string of the molecule is COc1ccc(/N=C/N(C)/C=N/c2ccc(OC)cc2C)c(C)c1. The molecule has 0 N–H and O–H groups in total. The summed E-state index contributed by atoms with van der Waals surface area (Å²) in [6.07, 6.45) is 3.47. The Labute approximate surface area is 143 Å². The summed E-state index contributed by atoms with van der Waals surface area (Å²) in [5.74, 6) is 1.66. The number of methoxy groups -OCH3 is 2. The molecule has 0 amide bonds. The molecule has 0 spiro atoms. The van der Waals surface area contributed by atoms with Crippen molar-refractivity contribution in [1.82, 2.24) is 4.90 Å². The van der Waals surface area contributed by atoms with Crippen LogP contribution in [0, 0.1) is 13.8 Å². The zero-order valence-electron chi connectivity index (χ0n) is 14.8. The Hall–Kier alpha value is -2.82. The van der Waals surface area contributed by atoms with Crippen LogP contribution in [0.1, 0.15) is 11.1 Å². The van der Waals surface area contributed by atoms with Gasteiger partial charge in [-0.2, -0.15) is 0 Å². The van der Waals surface area contributed by atoms with Crippen LogP contribution in [0.4, 0.5) is 11.4 Å². The first-order valence-corrected chi connectivity index (χ1v) is 7.63. The fourth-order valence-electron chi connectivity index (χ4n) is 2.14. The summed E-state index contributed by atoms with van der Waals surface area (Å²) >= 11 is 0. The van der Waals surface area contributed by atoms with Crippen molar-refractivity contribution in [1.29, 1.82) is 0 Å². The minimum absolute atomic E-state index is 0.830. The smallest absolute Gasteiger partial charge is 0.119 e. The monoisotopic (exact) mass is 325 g/mol. The fraction of sp³-hybridized carbons (Fsp3) is 0.263. The van der Waals surface area contributed by atoms with Gasteiger partial charge in [-0.1, -0.05) is 0 Å². The summed E-state index contributed by atoms with van der Waals surface area (Å²) in [6.45, 7) is 4.01. The van der Waals surface area contributed by atoms with Crippen molar-refractivity contribution in [2.75, 3.05) is 21.3 Å². The summed E-state index contributed by atoms with van der Waals surface area (Å²) in [5.41, 5.74) is 3.91. The highest BCUT2D eigenvalue weighted by atomic mass is 16.5. The van der Waals surface area contributed by atoms with E-state index < -0.39 is 0 Å². The number of nitrogens with zero attached hydrogens (tertiary/aromatic N) is 3. The average molecular weight is 325 g/mol. The maximum Gasteiger partial charge on any atom is 0.119 e. The summed E-state index contributed by atoms with van der Waals surface area (Å²) in [7, 11) is 5.21. The standard InChI is InChI=1S/C19H23N3O2/c1-14-10-16(23-4)6-8-18(14)20-12-22(3)13-21-19-9-7-17(24-5)11-15(19)2/h6-13H,1-5H3/b20-12+,21-13+. The predicted molar refractivity (Wildman–Crippen MR) is 99.5 cm³/mol. The number of aliphatic imine (C=N–C) groups is 2. The fourth-order valence-corrected chi connectivity index (χ4v) is 2.14. The number of benzene rings is 2. The molecule has 0 unspecified atom stereocenters. The van der Waals surface area contributed by atoms with Gasteiger partial charge in [0.15, 0.2) is 0 Å². The molecule has 24 heavy (non-hydrogen) atoms. The van der Waals surface area contributed by atoms with Crippen LogP contribution in [0.3, 0.4) is 0 Å². The van der Waals surface area contributed by atoms with Gasteiger partial charge in [0.25, 0.3) is 0 Å². The van der Waals surface area contributed by atoms with Gasteiger partial charge in [0.05, 0.1) is 38.3 Å². The number of ether oxygens (including phenoxy) is 2. The van der Waals surface area contributed by atoms with E-state index in [1.165, 1.54) is 0 Å². The summed E-state index contributed by atoms with van der Waals surface area (Å²) < 4.78 is 10.4. The minimum atomic E-state index is 0.830. The van der Waals surface area contributed by atoms with Gasteiger partial charge in [-0.15, -0.1) is 0 Å². The molecule has 0 fully saturated rings. The van der Waals surface area contributed by atoms with Gasteiger partial charge >= 0.3 is 0 Å². The number of hydrogen-bond acceptors (Lipinski definition) is 4. The highest BCUT2D eigenvalue weighted by Gasteiger charge is 2.00. The van der Waals surface area contributed by atoms with E-state index in [-0.39, 0.29) is 0 Å². The first kappa shape index (κ1) is 17.5. The van der Waals surface area contributed by atoms with Crippen molar-refractivity contribution in [2.24, 2.45) is 9.98 Å². The van der Waals surface area contributed by atoms with Crippen LogP contribution in [0.2, 0.25) is 0 Å². The molecular weight excluding hydrogens is 302 g/mol. The van der Waals surface area contributed by atoms with Crippen LogP contribution < -0.4 is 9.47 Å². The molecule has 0 bridgehead atoms. The lowest BCUT2D eigenvalue weighted by Gasteiger charge is -2.08. The predicted octanol–water partition coefficient (Wildman–Crippen LogP) is 4.27. The Morgan fingerprint density at radius 2 is 1.21 bits per heavy atom. The molecule has 5 nitrogen and oxygen atoms in total. The van der Waals surface area contributed by atoms with Crippen LogP contribution in [-0.2, 0) is 0 Å². The number of aryl methyl sites for hydroxylation is 2. The van der Waals surface area contributed by atoms with E-state index in [0.717, 1.165) is 34.0 Å². The molecule has 0 aromatic heterocycles. The number of hydrogen-bond donors (Lipinski definition) is 0. The second-order valence-electron chi connectivity index (χ2n) is 5.46. The molecule has 0 saturated heterocycles. The molecule has 0 radical (unpaired) electrons. The molecule has 0 saturated carbocycles. The van der Waals surface area contributed by atoms with Crippen LogP contribution in [0.15, 0.2) is 46.4 Å².